The third-order valence-electron chi connectivity index (χ3n) is 4.80. The zero-order valence-corrected chi connectivity index (χ0v) is 14.5. The zero-order chi connectivity index (χ0) is 18.5. The Kier molecular flexibility index (Phi) is 5.41. The van der Waals surface area contributed by atoms with Gasteiger partial charge in [0.1, 0.15) is 5.75 Å². The minimum atomic E-state index is -0.643. The number of benzene rings is 2. The largest absolute Gasteiger partial charge is 0.508 e. The van der Waals surface area contributed by atoms with E-state index in [1.807, 2.05) is 47.4 Å². The molecule has 6 heteroatoms. The van der Waals surface area contributed by atoms with Gasteiger partial charge in [0.05, 0.1) is 12.5 Å². The quantitative estimate of drug-likeness (QED) is 0.771. The van der Waals surface area contributed by atoms with Gasteiger partial charge < -0.3 is 21.1 Å². The lowest BCUT2D eigenvalue weighted by Gasteiger charge is -2.22. The Hall–Kier alpha value is -3.02. The minimum Gasteiger partial charge on any atom is -0.508 e. The number of hydrogen-bond donors (Lipinski definition) is 3. The van der Waals surface area contributed by atoms with Crippen molar-refractivity contribution in [2.24, 2.45) is 5.73 Å². The molecule has 1 saturated heterocycles. The molecule has 6 nitrogen and oxygen atoms in total. The predicted molar refractivity (Wildman–Crippen MR) is 98.6 cm³/mol. The molecule has 4 N–H and O–H groups in total. The molecular weight excluding hydrogens is 330 g/mol. The predicted octanol–water partition coefficient (Wildman–Crippen LogP) is 2.51. The number of amides is 3. The van der Waals surface area contributed by atoms with Crippen LogP contribution in [0.4, 0.5) is 4.79 Å². The first-order chi connectivity index (χ1) is 12.5. The van der Waals surface area contributed by atoms with Gasteiger partial charge in [0, 0.05) is 19.0 Å². The van der Waals surface area contributed by atoms with Gasteiger partial charge in [0.2, 0.25) is 5.91 Å². The molecule has 136 valence electrons. The van der Waals surface area contributed by atoms with Crippen LogP contribution in [-0.2, 0) is 4.79 Å². The second-order valence-electron chi connectivity index (χ2n) is 6.59. The van der Waals surface area contributed by atoms with E-state index in [-0.39, 0.29) is 24.0 Å². The first-order valence-electron chi connectivity index (χ1n) is 8.70. The van der Waals surface area contributed by atoms with Crippen molar-refractivity contribution < 1.29 is 14.7 Å². The molecule has 0 aromatic heterocycles. The number of carbonyl (C=O) groups excluding carboxylic acids is 2. The lowest BCUT2D eigenvalue weighted by Crippen LogP contribution is -2.37. The van der Waals surface area contributed by atoms with E-state index in [4.69, 9.17) is 5.73 Å². The number of phenolic OH excluding ortho intramolecular Hbond substituents is 1. The van der Waals surface area contributed by atoms with Crippen LogP contribution in [0.1, 0.15) is 35.9 Å². The van der Waals surface area contributed by atoms with Gasteiger partial charge in [-0.1, -0.05) is 42.5 Å². The fourth-order valence-corrected chi connectivity index (χ4v) is 3.42. The number of aromatic hydroxyl groups is 1. The fraction of sp³-hybridized carbons (Fsp3) is 0.300. The standard InChI is InChI=1S/C20H23N3O3/c21-20(26)22-18(15-4-2-1-3-5-15)12-19(25)23-11-10-16(13-23)14-6-8-17(24)9-7-14/h1-9,16,18,24H,10-13H2,(H3,21,22,26). The van der Waals surface area contributed by atoms with Crippen LogP contribution in [-0.4, -0.2) is 35.0 Å². The Morgan fingerprint density at radius 3 is 2.50 bits per heavy atom. The Morgan fingerprint density at radius 2 is 1.85 bits per heavy atom. The molecule has 2 unspecified atom stereocenters. The van der Waals surface area contributed by atoms with Crippen molar-refractivity contribution in [3.63, 3.8) is 0 Å². The number of nitrogens with two attached hydrogens (primary N) is 1. The molecule has 2 aromatic carbocycles. The summed E-state index contributed by atoms with van der Waals surface area (Å²) in [5.41, 5.74) is 7.25. The van der Waals surface area contributed by atoms with E-state index in [0.29, 0.717) is 13.1 Å². The molecule has 2 atom stereocenters. The fourth-order valence-electron chi connectivity index (χ4n) is 3.42. The highest BCUT2D eigenvalue weighted by Gasteiger charge is 2.29. The summed E-state index contributed by atoms with van der Waals surface area (Å²) in [6, 6.07) is 15.4. The summed E-state index contributed by atoms with van der Waals surface area (Å²) in [5.74, 6) is 0.496. The maximum absolute atomic E-state index is 12.7. The Morgan fingerprint density at radius 1 is 1.15 bits per heavy atom. The average molecular weight is 353 g/mol. The summed E-state index contributed by atoms with van der Waals surface area (Å²) in [6.07, 6.45) is 1.06. The number of likely N-dealkylation sites (tertiary alicyclic amines) is 1. The van der Waals surface area contributed by atoms with E-state index in [2.05, 4.69) is 5.32 Å². The average Bonchev–Trinajstić information content (AvgIpc) is 3.12. The van der Waals surface area contributed by atoms with Crippen LogP contribution >= 0.6 is 0 Å². The van der Waals surface area contributed by atoms with E-state index < -0.39 is 12.1 Å². The Bertz CT molecular complexity index is 762. The molecule has 3 amide bonds. The van der Waals surface area contributed by atoms with E-state index in [9.17, 15) is 14.7 Å². The number of primary amides is 1. The number of urea groups is 1. The van der Waals surface area contributed by atoms with Crippen molar-refractivity contribution in [2.45, 2.75) is 24.8 Å². The third-order valence-corrected chi connectivity index (χ3v) is 4.80. The number of phenols is 1. The summed E-state index contributed by atoms with van der Waals surface area (Å²) < 4.78 is 0. The molecule has 1 fully saturated rings. The Balaban J connectivity index is 1.64. The first kappa shape index (κ1) is 17.8. The molecule has 2 aromatic rings. The third kappa shape index (κ3) is 4.33. The monoisotopic (exact) mass is 353 g/mol. The van der Waals surface area contributed by atoms with Gasteiger partial charge in [-0.2, -0.15) is 0 Å². The van der Waals surface area contributed by atoms with Gasteiger partial charge in [-0.15, -0.1) is 0 Å². The maximum atomic E-state index is 12.7. The van der Waals surface area contributed by atoms with Crippen molar-refractivity contribution in [3.05, 3.63) is 65.7 Å². The van der Waals surface area contributed by atoms with Crippen LogP contribution in [0.5, 0.6) is 5.75 Å². The number of carbonyl (C=O) groups is 2. The van der Waals surface area contributed by atoms with Crippen molar-refractivity contribution in [2.75, 3.05) is 13.1 Å². The van der Waals surface area contributed by atoms with Crippen molar-refractivity contribution in [3.8, 4) is 5.75 Å². The Labute approximate surface area is 152 Å². The van der Waals surface area contributed by atoms with Crippen LogP contribution in [0.3, 0.4) is 0 Å². The van der Waals surface area contributed by atoms with E-state index in [0.717, 1.165) is 17.5 Å². The number of nitrogens with zero attached hydrogens (tertiary/aromatic N) is 1. The first-order valence-corrected chi connectivity index (χ1v) is 8.70. The van der Waals surface area contributed by atoms with Gasteiger partial charge in [-0.3, -0.25) is 4.79 Å². The van der Waals surface area contributed by atoms with E-state index in [1.165, 1.54) is 0 Å². The van der Waals surface area contributed by atoms with Gasteiger partial charge in [0.25, 0.3) is 0 Å². The highest BCUT2D eigenvalue weighted by molar-refractivity contribution is 5.79. The minimum absolute atomic E-state index is 0.00567. The van der Waals surface area contributed by atoms with Crippen LogP contribution in [0.2, 0.25) is 0 Å². The number of rotatable bonds is 5. The summed E-state index contributed by atoms with van der Waals surface area (Å²) >= 11 is 0. The lowest BCUT2D eigenvalue weighted by molar-refractivity contribution is -0.130. The van der Waals surface area contributed by atoms with Crippen LogP contribution in [0.15, 0.2) is 54.6 Å². The molecular formula is C20H23N3O3. The van der Waals surface area contributed by atoms with E-state index in [1.54, 1.807) is 12.1 Å². The molecule has 1 aliphatic rings. The van der Waals surface area contributed by atoms with Gasteiger partial charge in [-0.25, -0.2) is 4.79 Å². The van der Waals surface area contributed by atoms with Gasteiger partial charge >= 0.3 is 6.03 Å². The molecule has 3 rings (SSSR count). The molecule has 0 saturated carbocycles. The lowest BCUT2D eigenvalue weighted by atomic mass is 9.98. The van der Waals surface area contributed by atoms with Crippen molar-refractivity contribution in [1.29, 1.82) is 0 Å². The molecule has 1 heterocycles. The summed E-state index contributed by atoms with van der Waals surface area (Å²) in [4.78, 5) is 25.9. The van der Waals surface area contributed by atoms with Crippen LogP contribution < -0.4 is 11.1 Å². The van der Waals surface area contributed by atoms with Gasteiger partial charge in [-0.05, 0) is 29.7 Å². The van der Waals surface area contributed by atoms with Crippen molar-refractivity contribution in [1.82, 2.24) is 10.2 Å². The highest BCUT2D eigenvalue weighted by atomic mass is 16.3. The number of nitrogens with one attached hydrogen (secondary N) is 1. The van der Waals surface area contributed by atoms with Crippen LogP contribution in [0, 0.1) is 0 Å². The van der Waals surface area contributed by atoms with Gasteiger partial charge in [0.15, 0.2) is 0 Å². The second-order valence-corrected chi connectivity index (χ2v) is 6.59. The second kappa shape index (κ2) is 7.91. The SMILES string of the molecule is NC(=O)NC(CC(=O)N1CCC(c2ccc(O)cc2)C1)c1ccccc1. The normalized spacial score (nSPS) is 17.7. The van der Waals surface area contributed by atoms with Crippen LogP contribution in [0.25, 0.3) is 0 Å². The maximum Gasteiger partial charge on any atom is 0.312 e. The summed E-state index contributed by atoms with van der Waals surface area (Å²) in [6.45, 7) is 1.32. The molecule has 1 aliphatic heterocycles. The van der Waals surface area contributed by atoms with Crippen molar-refractivity contribution >= 4 is 11.9 Å². The number of hydrogen-bond acceptors (Lipinski definition) is 3. The summed E-state index contributed by atoms with van der Waals surface area (Å²) in [5, 5.41) is 12.1. The topological polar surface area (TPSA) is 95.7 Å². The zero-order valence-electron chi connectivity index (χ0n) is 14.5. The smallest absolute Gasteiger partial charge is 0.312 e. The summed E-state index contributed by atoms with van der Waals surface area (Å²) in [7, 11) is 0. The molecule has 26 heavy (non-hydrogen) atoms. The molecule has 0 aliphatic carbocycles. The van der Waals surface area contributed by atoms with E-state index >= 15 is 0 Å². The highest BCUT2D eigenvalue weighted by Crippen LogP contribution is 2.29. The molecule has 0 radical (unpaired) electrons. The molecule has 0 bridgehead atoms. The molecule has 0 spiro atoms.